The maximum atomic E-state index is 12.7. The Hall–Kier alpha value is -3.04. The molecule has 0 saturated carbocycles. The van der Waals surface area contributed by atoms with E-state index >= 15 is 0 Å². The van der Waals surface area contributed by atoms with Gasteiger partial charge in [0.05, 0.1) is 19.0 Å². The van der Waals surface area contributed by atoms with E-state index in [1.54, 1.807) is 54.6 Å². The van der Waals surface area contributed by atoms with E-state index in [4.69, 9.17) is 19.3 Å². The summed E-state index contributed by atoms with van der Waals surface area (Å²) in [6.45, 7) is 3.66. The van der Waals surface area contributed by atoms with Crippen LogP contribution < -0.4 is 10.1 Å². The molecule has 2 amide bonds. The second-order valence-corrected chi connectivity index (χ2v) is 8.15. The van der Waals surface area contributed by atoms with Crippen molar-refractivity contribution in [2.24, 2.45) is 5.41 Å². The van der Waals surface area contributed by atoms with Crippen LogP contribution >= 0.6 is 12.6 Å². The number of ether oxygens (including phenoxy) is 3. The van der Waals surface area contributed by atoms with Crippen LogP contribution in [0.5, 0.6) is 5.75 Å². The van der Waals surface area contributed by atoms with Crippen LogP contribution in [-0.4, -0.2) is 48.6 Å². The molecule has 0 bridgehead atoms. The summed E-state index contributed by atoms with van der Waals surface area (Å²) in [5.41, 5.74) is 0.150. The lowest BCUT2D eigenvalue weighted by molar-refractivity contribution is -0.141. The van der Waals surface area contributed by atoms with Crippen molar-refractivity contribution in [3.05, 3.63) is 65.7 Å². The highest BCUT2D eigenvalue weighted by Crippen LogP contribution is 2.43. The van der Waals surface area contributed by atoms with Gasteiger partial charge in [-0.1, -0.05) is 50.2 Å². The zero-order valence-electron chi connectivity index (χ0n) is 18.7. The minimum atomic E-state index is -0.925. The second kappa shape index (κ2) is 12.9. The number of rotatable bonds is 11. The number of benzene rings is 2. The number of amides is 2. The topological polar surface area (TPSA) is 111 Å². The van der Waals surface area contributed by atoms with Gasteiger partial charge in [0.15, 0.2) is 0 Å². The van der Waals surface area contributed by atoms with Gasteiger partial charge < -0.3 is 19.3 Å². The van der Waals surface area contributed by atoms with Crippen LogP contribution in [0.4, 0.5) is 4.79 Å². The van der Waals surface area contributed by atoms with Crippen molar-refractivity contribution in [2.75, 3.05) is 25.6 Å². The van der Waals surface area contributed by atoms with E-state index in [1.807, 2.05) is 13.8 Å². The van der Waals surface area contributed by atoms with Gasteiger partial charge in [-0.2, -0.15) is 12.6 Å². The number of aliphatic hydroxyl groups excluding tert-OH is 1. The maximum absolute atomic E-state index is 12.7. The molecule has 2 aromatic rings. The molecule has 0 aliphatic rings. The molecule has 0 radical (unpaired) electrons. The van der Waals surface area contributed by atoms with Crippen LogP contribution in [0.2, 0.25) is 0 Å². The van der Waals surface area contributed by atoms with Gasteiger partial charge in [0.2, 0.25) is 0 Å². The van der Waals surface area contributed by atoms with Crippen molar-refractivity contribution in [2.45, 2.75) is 26.4 Å². The molecule has 0 unspecified atom stereocenters. The molecule has 9 heteroatoms. The zero-order chi connectivity index (χ0) is 24.3. The Labute approximate surface area is 198 Å². The summed E-state index contributed by atoms with van der Waals surface area (Å²) in [6, 6.07) is 15.3. The monoisotopic (exact) mass is 475 g/mol. The largest absolute Gasteiger partial charge is 0.491 e. The van der Waals surface area contributed by atoms with Crippen LogP contribution in [0.1, 0.15) is 42.3 Å². The fourth-order valence-corrected chi connectivity index (χ4v) is 3.21. The molecule has 0 spiro atoms. The highest BCUT2D eigenvalue weighted by molar-refractivity contribution is 7.81. The number of imide groups is 1. The summed E-state index contributed by atoms with van der Waals surface area (Å²) in [4.78, 5) is 36.5. The number of alkyl carbamates (subject to hydrolysis) is 1. The number of carbonyl (C=O) groups is 3. The lowest BCUT2D eigenvalue weighted by atomic mass is 9.79. The van der Waals surface area contributed by atoms with Crippen molar-refractivity contribution in [1.82, 2.24) is 5.32 Å². The third-order valence-electron chi connectivity index (χ3n) is 4.88. The lowest BCUT2D eigenvalue weighted by Gasteiger charge is -2.34. The van der Waals surface area contributed by atoms with Crippen molar-refractivity contribution < 1.29 is 33.7 Å². The van der Waals surface area contributed by atoms with Crippen LogP contribution in [-0.2, 0) is 14.3 Å². The van der Waals surface area contributed by atoms with Crippen LogP contribution in [0.3, 0.4) is 0 Å². The average Bonchev–Trinajstić information content (AvgIpc) is 2.81. The van der Waals surface area contributed by atoms with E-state index in [2.05, 4.69) is 17.9 Å². The standard InChI is InChI=1S/C24H29NO7S/c1-24(2,12-14-31-20(27)16-33)21(18-10-6-7-11-19(18)30-15-13-26)32-23(29)25-22(28)17-8-4-3-5-9-17/h3-11,21,26,33H,12-16H2,1-2H3,(H,25,28,29)/t21-/m1/s1. The minimum Gasteiger partial charge on any atom is -0.491 e. The Bertz CT molecular complexity index is 933. The van der Waals surface area contributed by atoms with Crippen LogP contribution in [0, 0.1) is 5.41 Å². The summed E-state index contributed by atoms with van der Waals surface area (Å²) in [5, 5.41) is 11.4. The van der Waals surface area contributed by atoms with E-state index in [9.17, 15) is 14.4 Å². The Morgan fingerprint density at radius 3 is 2.36 bits per heavy atom. The van der Waals surface area contributed by atoms with Gasteiger partial charge in [-0.15, -0.1) is 0 Å². The van der Waals surface area contributed by atoms with Gasteiger partial charge in [-0.25, -0.2) is 4.79 Å². The summed E-state index contributed by atoms with van der Waals surface area (Å²) < 4.78 is 16.5. The normalized spacial score (nSPS) is 11.9. The molecule has 0 aromatic heterocycles. The highest BCUT2D eigenvalue weighted by Gasteiger charge is 2.36. The minimum absolute atomic E-state index is 0.0395. The smallest absolute Gasteiger partial charge is 0.414 e. The fourth-order valence-electron chi connectivity index (χ4n) is 3.12. The Morgan fingerprint density at radius 2 is 1.70 bits per heavy atom. The van der Waals surface area contributed by atoms with Crippen molar-refractivity contribution in [1.29, 1.82) is 0 Å². The Kier molecular flexibility index (Phi) is 10.2. The van der Waals surface area contributed by atoms with Gasteiger partial charge in [0, 0.05) is 16.5 Å². The molecular formula is C24H29NO7S. The van der Waals surface area contributed by atoms with E-state index in [0.29, 0.717) is 23.3 Å². The maximum Gasteiger partial charge on any atom is 0.414 e. The molecule has 0 aliphatic heterocycles. The quantitative estimate of drug-likeness (QED) is 0.337. The summed E-state index contributed by atoms with van der Waals surface area (Å²) in [5.74, 6) is -0.657. The molecule has 2 N–H and O–H groups in total. The van der Waals surface area contributed by atoms with E-state index < -0.39 is 29.5 Å². The molecular weight excluding hydrogens is 446 g/mol. The predicted octanol–water partition coefficient (Wildman–Crippen LogP) is 3.55. The summed E-state index contributed by atoms with van der Waals surface area (Å²) >= 11 is 3.89. The number of nitrogens with one attached hydrogen (secondary N) is 1. The van der Waals surface area contributed by atoms with Gasteiger partial charge in [-0.3, -0.25) is 14.9 Å². The number of hydrogen-bond donors (Lipinski definition) is 3. The Balaban J connectivity index is 2.26. The first-order valence-electron chi connectivity index (χ1n) is 10.4. The van der Waals surface area contributed by atoms with Crippen molar-refractivity contribution >= 4 is 30.6 Å². The molecule has 33 heavy (non-hydrogen) atoms. The number of carbonyl (C=O) groups excluding carboxylic acids is 3. The van der Waals surface area contributed by atoms with Crippen molar-refractivity contribution in [3.8, 4) is 5.75 Å². The first kappa shape index (κ1) is 26.2. The molecule has 1 atom stereocenters. The van der Waals surface area contributed by atoms with Gasteiger partial charge in [0.25, 0.3) is 5.91 Å². The van der Waals surface area contributed by atoms with Crippen molar-refractivity contribution in [3.63, 3.8) is 0 Å². The SMILES string of the molecule is CC(C)(CCOC(=O)CS)[C@H](OC(=O)NC(=O)c1ccccc1)c1ccccc1OCCO. The zero-order valence-corrected chi connectivity index (χ0v) is 19.5. The number of para-hydroxylation sites is 1. The van der Waals surface area contributed by atoms with Gasteiger partial charge >= 0.3 is 12.1 Å². The molecule has 0 saturated heterocycles. The summed E-state index contributed by atoms with van der Waals surface area (Å²) in [6.07, 6.45) is -1.43. The molecule has 2 rings (SSSR count). The van der Waals surface area contributed by atoms with Gasteiger partial charge in [-0.05, 0) is 24.6 Å². The third kappa shape index (κ3) is 8.11. The number of esters is 1. The van der Waals surface area contributed by atoms with Crippen LogP contribution in [0.15, 0.2) is 54.6 Å². The highest BCUT2D eigenvalue weighted by atomic mass is 32.1. The van der Waals surface area contributed by atoms with Gasteiger partial charge in [0.1, 0.15) is 18.5 Å². The molecule has 178 valence electrons. The average molecular weight is 476 g/mol. The summed E-state index contributed by atoms with van der Waals surface area (Å²) in [7, 11) is 0. The Morgan fingerprint density at radius 1 is 1.03 bits per heavy atom. The number of aliphatic hydroxyl groups is 1. The first-order valence-corrected chi connectivity index (χ1v) is 11.1. The fraction of sp³-hybridized carbons (Fsp3) is 0.375. The molecule has 0 fully saturated rings. The second-order valence-electron chi connectivity index (χ2n) is 7.83. The first-order chi connectivity index (χ1) is 15.8. The predicted molar refractivity (Wildman–Crippen MR) is 125 cm³/mol. The molecule has 0 aliphatic carbocycles. The number of hydrogen-bond acceptors (Lipinski definition) is 8. The third-order valence-corrected chi connectivity index (χ3v) is 5.13. The number of thiol groups is 1. The molecule has 8 nitrogen and oxygen atoms in total. The van der Waals surface area contributed by atoms with E-state index in [1.165, 1.54) is 0 Å². The van der Waals surface area contributed by atoms with E-state index in [0.717, 1.165) is 0 Å². The van der Waals surface area contributed by atoms with Crippen LogP contribution in [0.25, 0.3) is 0 Å². The molecule has 2 aromatic carbocycles. The molecule has 0 heterocycles. The lowest BCUT2D eigenvalue weighted by Crippen LogP contribution is -2.36. The van der Waals surface area contributed by atoms with E-state index in [-0.39, 0.29) is 25.6 Å².